The molecule has 0 radical (unpaired) electrons. The number of anilines is 1. The van der Waals surface area contributed by atoms with Crippen molar-refractivity contribution >= 4 is 33.7 Å². The van der Waals surface area contributed by atoms with Crippen LogP contribution in [-0.4, -0.2) is 81.8 Å². The van der Waals surface area contributed by atoms with Crippen molar-refractivity contribution in [1.29, 1.82) is 0 Å². The number of halogens is 1. The van der Waals surface area contributed by atoms with Gasteiger partial charge in [0, 0.05) is 65.3 Å². The Morgan fingerprint density at radius 3 is 2.01 bits per heavy atom. The molecule has 12 heteroatoms. The van der Waals surface area contributed by atoms with E-state index in [-0.39, 0.29) is 47.9 Å². The molecule has 2 aromatic heterocycles. The maximum absolute atomic E-state index is 17.3. The Labute approximate surface area is 437 Å². The zero-order chi connectivity index (χ0) is 51.6. The minimum Gasteiger partial charge on any atom is -0.486 e. The van der Waals surface area contributed by atoms with Crippen LogP contribution in [0.1, 0.15) is 97.7 Å². The van der Waals surface area contributed by atoms with Gasteiger partial charge in [-0.15, -0.1) is 6.42 Å². The van der Waals surface area contributed by atoms with Gasteiger partial charge in [0.1, 0.15) is 34.9 Å². The number of hydrogen-bond donors (Lipinski definition) is 0. The number of carbonyl (C=O) groups is 1. The highest BCUT2D eigenvalue weighted by Gasteiger charge is 2.49. The van der Waals surface area contributed by atoms with Crippen LogP contribution >= 0.6 is 0 Å². The minimum atomic E-state index is -0.957. The van der Waals surface area contributed by atoms with E-state index in [9.17, 15) is 4.79 Å². The number of hydrogen-bond acceptors (Lipinski definition) is 9. The number of amides is 1. The molecule has 0 N–H and O–H groups in total. The van der Waals surface area contributed by atoms with Crippen molar-refractivity contribution < 1.29 is 28.1 Å². The van der Waals surface area contributed by atoms with Crippen LogP contribution in [0, 0.1) is 30.5 Å². The van der Waals surface area contributed by atoms with Gasteiger partial charge in [-0.05, 0) is 117 Å². The molecule has 12 rings (SSSR count). The van der Waals surface area contributed by atoms with E-state index in [2.05, 4.69) is 95.9 Å². The van der Waals surface area contributed by atoms with Crippen LogP contribution in [0.5, 0.6) is 11.8 Å². The molecule has 4 heterocycles. The molecule has 0 spiro atoms. The fourth-order valence-corrected chi connectivity index (χ4v) is 11.6. The zero-order valence-corrected chi connectivity index (χ0v) is 43.2. The van der Waals surface area contributed by atoms with Crippen molar-refractivity contribution in [2.45, 2.75) is 95.5 Å². The lowest BCUT2D eigenvalue weighted by molar-refractivity contribution is 0.0214. The minimum absolute atomic E-state index is 0.0325. The predicted octanol–water partition coefficient (Wildman–Crippen LogP) is 12.4. The van der Waals surface area contributed by atoms with Gasteiger partial charge in [-0.3, -0.25) is 4.68 Å². The molecule has 75 heavy (non-hydrogen) atoms. The van der Waals surface area contributed by atoms with E-state index >= 15 is 4.39 Å². The molecule has 2 saturated heterocycles. The van der Waals surface area contributed by atoms with Crippen molar-refractivity contribution in [2.75, 3.05) is 38.3 Å². The maximum Gasteiger partial charge on any atom is 0.410 e. The maximum atomic E-state index is 17.3. The van der Waals surface area contributed by atoms with Gasteiger partial charge >= 0.3 is 12.1 Å². The summed E-state index contributed by atoms with van der Waals surface area (Å²) in [4.78, 5) is 28.4. The van der Waals surface area contributed by atoms with Crippen LogP contribution in [-0.2, 0) is 21.6 Å². The molecule has 6 aromatic carbocycles. The van der Waals surface area contributed by atoms with E-state index in [0.29, 0.717) is 60.0 Å². The normalized spacial score (nSPS) is 17.9. The number of ether oxygens (including phenoxy) is 4. The molecule has 2 aliphatic heterocycles. The quantitative estimate of drug-likeness (QED) is 0.0733. The summed E-state index contributed by atoms with van der Waals surface area (Å²) in [6.45, 7) is 9.69. The van der Waals surface area contributed by atoms with Crippen molar-refractivity contribution in [3.05, 3.63) is 178 Å². The summed E-state index contributed by atoms with van der Waals surface area (Å²) < 4.78 is 44.8. The van der Waals surface area contributed by atoms with Crippen LogP contribution in [0.15, 0.2) is 134 Å². The molecule has 2 saturated carbocycles. The zero-order valence-electron chi connectivity index (χ0n) is 43.2. The molecule has 2 atom stereocenters. The van der Waals surface area contributed by atoms with Gasteiger partial charge in [-0.25, -0.2) is 9.18 Å². The molecule has 4 fully saturated rings. The number of benzene rings is 6. The van der Waals surface area contributed by atoms with E-state index < -0.39 is 11.1 Å². The Hall–Kier alpha value is -7.75. The standard InChI is InChI=1S/C63H61FN6O5/c1-7-41-23-25-42(26-24-41)37-73-57-55(54-40(2)52(64)33-53-51(54)36-70(67-53)63(44-17-11-8-12-18-44,45-19-13-9-14-20-45)46-21-15-10-16-22-46)49(43-27-28-43)32-50-56(57)65-59(74-39-62(29-30-62)38-72-6)66-58(50)68-34-48-31-47(68)35-69(48)60(71)75-61(3,4)5/h1,8-26,32-33,36,43,47-48H,27-31,34-35,37-39H2,2-6H3/t47-,48-/m0/s1. The lowest BCUT2D eigenvalue weighted by Crippen LogP contribution is -2.50. The smallest absolute Gasteiger partial charge is 0.410 e. The third kappa shape index (κ3) is 8.80. The highest BCUT2D eigenvalue weighted by molar-refractivity contribution is 6.06. The van der Waals surface area contributed by atoms with Crippen molar-refractivity contribution in [3.63, 3.8) is 0 Å². The molecule has 1 amide bonds. The number of likely N-dealkylation sites (tertiary alicyclic amines) is 1. The number of rotatable bonds is 15. The number of nitrogens with zero attached hydrogens (tertiary/aromatic N) is 6. The van der Waals surface area contributed by atoms with Gasteiger partial charge < -0.3 is 28.7 Å². The van der Waals surface area contributed by atoms with E-state index in [0.717, 1.165) is 81.8 Å². The fourth-order valence-electron chi connectivity index (χ4n) is 11.6. The summed E-state index contributed by atoms with van der Waals surface area (Å²) in [7, 11) is 1.72. The van der Waals surface area contributed by atoms with E-state index in [1.807, 2.05) is 79.7 Å². The van der Waals surface area contributed by atoms with Gasteiger partial charge in [0.15, 0.2) is 5.75 Å². The first-order chi connectivity index (χ1) is 36.4. The van der Waals surface area contributed by atoms with E-state index in [1.165, 1.54) is 0 Å². The lowest BCUT2D eigenvalue weighted by Gasteiger charge is -2.36. The summed E-state index contributed by atoms with van der Waals surface area (Å²) >= 11 is 0. The average Bonchev–Trinajstić information content (AvgIpc) is 4.29. The molecular formula is C63H61FN6O5. The van der Waals surface area contributed by atoms with Gasteiger partial charge in [0.25, 0.3) is 0 Å². The molecule has 8 aromatic rings. The summed E-state index contributed by atoms with van der Waals surface area (Å²) in [6, 6.07) is 42.8. The SMILES string of the molecule is C#Cc1ccc(COc2c(-c3c(C)c(F)cc4nn(C(c5ccccc5)(c5ccccc5)c5ccccc5)cc34)c(C3CC3)cc3c(N4C[C@@H]5C[C@H]4CN5C(=O)OC(C)(C)C)nc(OCC4(COC)CC4)nc23)cc1. The molecule has 2 aliphatic carbocycles. The Balaban J connectivity index is 1.10. The van der Waals surface area contributed by atoms with Crippen LogP contribution in [0.25, 0.3) is 32.9 Å². The highest BCUT2D eigenvalue weighted by atomic mass is 19.1. The highest BCUT2D eigenvalue weighted by Crippen LogP contribution is 2.55. The van der Waals surface area contributed by atoms with Crippen LogP contribution in [0.4, 0.5) is 15.0 Å². The summed E-state index contributed by atoms with van der Waals surface area (Å²) in [5, 5.41) is 7.00. The summed E-state index contributed by atoms with van der Waals surface area (Å²) in [5.74, 6) is 3.72. The van der Waals surface area contributed by atoms with Crippen LogP contribution in [0.2, 0.25) is 0 Å². The molecule has 380 valence electrons. The van der Waals surface area contributed by atoms with Crippen molar-refractivity contribution in [3.8, 4) is 35.2 Å². The molecule has 2 bridgehead atoms. The monoisotopic (exact) mass is 1000 g/mol. The predicted molar refractivity (Wildman–Crippen MR) is 290 cm³/mol. The number of terminal acetylenes is 1. The Kier molecular flexibility index (Phi) is 12.1. The van der Waals surface area contributed by atoms with Gasteiger partial charge in [-0.2, -0.15) is 15.1 Å². The number of piperazine rings is 1. The summed E-state index contributed by atoms with van der Waals surface area (Å²) in [5.41, 5.74) is 6.96. The number of aromatic nitrogens is 4. The second kappa shape index (κ2) is 18.9. The fraction of sp³-hybridized carbons (Fsp3) is 0.333. The number of methoxy groups -OCH3 is 1. The molecule has 4 aliphatic rings. The number of carbonyl (C=O) groups excluding carboxylic acids is 1. The van der Waals surface area contributed by atoms with Crippen LogP contribution in [0.3, 0.4) is 0 Å². The first-order valence-electron chi connectivity index (χ1n) is 26.2. The second-order valence-corrected chi connectivity index (χ2v) is 22.0. The molecule has 0 unspecified atom stereocenters. The first-order valence-corrected chi connectivity index (χ1v) is 26.2. The third-order valence-electron chi connectivity index (χ3n) is 15.7. The molecule has 11 nitrogen and oxygen atoms in total. The van der Waals surface area contributed by atoms with Gasteiger partial charge in [-0.1, -0.05) is 109 Å². The van der Waals surface area contributed by atoms with E-state index in [4.69, 9.17) is 40.4 Å². The first kappa shape index (κ1) is 48.2. The van der Waals surface area contributed by atoms with E-state index in [1.54, 1.807) is 13.2 Å². The lowest BCUT2D eigenvalue weighted by atomic mass is 9.77. The molecular weight excluding hydrogens is 940 g/mol. The third-order valence-corrected chi connectivity index (χ3v) is 15.7. The topological polar surface area (TPSA) is 104 Å². The Morgan fingerprint density at radius 1 is 0.800 bits per heavy atom. The van der Waals surface area contributed by atoms with Crippen LogP contribution < -0.4 is 14.4 Å². The largest absolute Gasteiger partial charge is 0.486 e. The Bertz CT molecular complexity index is 3390. The Morgan fingerprint density at radius 2 is 1.45 bits per heavy atom. The number of fused-ring (bicyclic) bond motifs is 4. The average molecular weight is 1000 g/mol. The van der Waals surface area contributed by atoms with Crippen molar-refractivity contribution in [1.82, 2.24) is 24.6 Å². The van der Waals surface area contributed by atoms with Gasteiger partial charge in [0.05, 0.1) is 30.8 Å². The van der Waals surface area contributed by atoms with Crippen molar-refractivity contribution in [2.24, 2.45) is 5.41 Å². The second-order valence-electron chi connectivity index (χ2n) is 22.0. The van der Waals surface area contributed by atoms with Gasteiger partial charge in [0.2, 0.25) is 0 Å². The summed E-state index contributed by atoms with van der Waals surface area (Å²) in [6.07, 6.45) is 12.2.